The van der Waals surface area contributed by atoms with Crippen LogP contribution in [0.15, 0.2) is 18.6 Å². The molecule has 2 aliphatic rings. The molecule has 1 aliphatic carbocycles. The van der Waals surface area contributed by atoms with Crippen LogP contribution in [0.4, 0.5) is 5.95 Å². The minimum absolute atomic E-state index is 0.110. The van der Waals surface area contributed by atoms with Gasteiger partial charge in [-0.15, -0.1) is 0 Å². The first-order valence-corrected chi connectivity index (χ1v) is 9.32. The van der Waals surface area contributed by atoms with Crippen molar-refractivity contribution in [2.24, 2.45) is 0 Å². The fraction of sp³-hybridized carbons (Fsp3) is 0.611. The zero-order valence-electron chi connectivity index (χ0n) is 14.8. The molecule has 1 amide bonds. The molecule has 25 heavy (non-hydrogen) atoms. The summed E-state index contributed by atoms with van der Waals surface area (Å²) in [6.45, 7) is 5.07. The Hall–Kier alpha value is -2.31. The second kappa shape index (κ2) is 6.90. The molecule has 1 N–H and O–H groups in total. The summed E-state index contributed by atoms with van der Waals surface area (Å²) in [5, 5.41) is 4.55. The number of H-pyrrole nitrogens is 1. The van der Waals surface area contributed by atoms with Gasteiger partial charge < -0.3 is 14.8 Å². The van der Waals surface area contributed by atoms with Gasteiger partial charge in [-0.3, -0.25) is 9.48 Å². The van der Waals surface area contributed by atoms with E-state index in [0.29, 0.717) is 19.1 Å². The fourth-order valence-corrected chi connectivity index (χ4v) is 4.05. The van der Waals surface area contributed by atoms with E-state index in [-0.39, 0.29) is 5.91 Å². The van der Waals surface area contributed by atoms with E-state index in [1.54, 1.807) is 12.4 Å². The molecule has 2 aromatic heterocycles. The van der Waals surface area contributed by atoms with Gasteiger partial charge in [0.2, 0.25) is 5.95 Å². The number of aromatic nitrogens is 4. The Morgan fingerprint density at radius 2 is 1.92 bits per heavy atom. The molecular formula is C18H26N6O. The van der Waals surface area contributed by atoms with Gasteiger partial charge in [-0.25, -0.2) is 4.98 Å². The second-order valence-electron chi connectivity index (χ2n) is 7.07. The molecule has 3 heterocycles. The monoisotopic (exact) mass is 342 g/mol. The fourth-order valence-electron chi connectivity index (χ4n) is 4.05. The van der Waals surface area contributed by atoms with Crippen LogP contribution in [0.2, 0.25) is 0 Å². The van der Waals surface area contributed by atoms with Crippen molar-refractivity contribution in [3.05, 3.63) is 29.8 Å². The standard InChI is InChI=1S/C18H26N6O/c1-14-16(13-21-24(14)15-5-3-2-4-6-15)17(25)22-9-11-23(12-10-22)18-19-7-8-20-18/h7-8,13,15H,2-6,9-12H2,1H3,(H,19,20). The molecule has 0 spiro atoms. The van der Waals surface area contributed by atoms with Gasteiger partial charge in [-0.2, -0.15) is 5.10 Å². The first-order chi connectivity index (χ1) is 12.2. The Morgan fingerprint density at radius 3 is 2.60 bits per heavy atom. The minimum atomic E-state index is 0.110. The van der Waals surface area contributed by atoms with Crippen LogP contribution in [0.5, 0.6) is 0 Å². The number of hydrogen-bond donors (Lipinski definition) is 1. The van der Waals surface area contributed by atoms with Gasteiger partial charge >= 0.3 is 0 Å². The Labute approximate surface area is 148 Å². The van der Waals surface area contributed by atoms with Crippen molar-refractivity contribution in [3.8, 4) is 0 Å². The number of rotatable bonds is 3. The van der Waals surface area contributed by atoms with Gasteiger partial charge in [0, 0.05) is 44.3 Å². The van der Waals surface area contributed by atoms with Gasteiger partial charge in [-0.1, -0.05) is 19.3 Å². The maximum Gasteiger partial charge on any atom is 0.257 e. The van der Waals surface area contributed by atoms with Crippen molar-refractivity contribution in [1.29, 1.82) is 0 Å². The molecule has 2 fully saturated rings. The summed E-state index contributed by atoms with van der Waals surface area (Å²) in [5.74, 6) is 0.993. The van der Waals surface area contributed by atoms with Crippen LogP contribution in [0.1, 0.15) is 54.2 Å². The number of carbonyl (C=O) groups is 1. The van der Waals surface area contributed by atoms with Crippen molar-refractivity contribution < 1.29 is 4.79 Å². The van der Waals surface area contributed by atoms with E-state index in [1.165, 1.54) is 32.1 Å². The average Bonchev–Trinajstić information content (AvgIpc) is 3.32. The van der Waals surface area contributed by atoms with Crippen molar-refractivity contribution in [1.82, 2.24) is 24.6 Å². The molecule has 1 saturated heterocycles. The number of carbonyl (C=O) groups excluding carboxylic acids is 1. The molecule has 0 radical (unpaired) electrons. The SMILES string of the molecule is Cc1c(C(=O)N2CCN(c3ncc[nH]3)CC2)cnn1C1CCCCC1. The number of amides is 1. The van der Waals surface area contributed by atoms with Gasteiger partial charge in [0.15, 0.2) is 0 Å². The number of nitrogens with one attached hydrogen (secondary N) is 1. The number of nitrogens with zero attached hydrogens (tertiary/aromatic N) is 5. The summed E-state index contributed by atoms with van der Waals surface area (Å²) in [5.41, 5.74) is 1.78. The predicted octanol–water partition coefficient (Wildman–Crippen LogP) is 2.38. The third kappa shape index (κ3) is 3.15. The topological polar surface area (TPSA) is 70.1 Å². The number of piperazine rings is 1. The quantitative estimate of drug-likeness (QED) is 0.930. The van der Waals surface area contributed by atoms with Crippen molar-refractivity contribution in [2.45, 2.75) is 45.1 Å². The van der Waals surface area contributed by atoms with Crippen molar-refractivity contribution in [3.63, 3.8) is 0 Å². The Kier molecular flexibility index (Phi) is 4.46. The highest BCUT2D eigenvalue weighted by atomic mass is 16.2. The normalized spacial score (nSPS) is 19.4. The summed E-state index contributed by atoms with van der Waals surface area (Å²) in [7, 11) is 0. The number of imidazole rings is 1. The molecule has 7 nitrogen and oxygen atoms in total. The molecule has 134 valence electrons. The van der Waals surface area contributed by atoms with Crippen molar-refractivity contribution >= 4 is 11.9 Å². The predicted molar refractivity (Wildman–Crippen MR) is 95.8 cm³/mol. The molecule has 0 bridgehead atoms. The summed E-state index contributed by atoms with van der Waals surface area (Å²) >= 11 is 0. The number of anilines is 1. The lowest BCUT2D eigenvalue weighted by atomic mass is 9.95. The van der Waals surface area contributed by atoms with E-state index >= 15 is 0 Å². The highest BCUT2D eigenvalue weighted by Crippen LogP contribution is 2.29. The number of hydrogen-bond acceptors (Lipinski definition) is 4. The van der Waals surface area contributed by atoms with E-state index < -0.39 is 0 Å². The zero-order chi connectivity index (χ0) is 17.2. The number of aromatic amines is 1. The van der Waals surface area contributed by atoms with Crippen LogP contribution >= 0.6 is 0 Å². The second-order valence-corrected chi connectivity index (χ2v) is 7.07. The zero-order valence-corrected chi connectivity index (χ0v) is 14.8. The van der Waals surface area contributed by atoms with Gasteiger partial charge in [-0.05, 0) is 19.8 Å². The van der Waals surface area contributed by atoms with E-state index in [2.05, 4.69) is 24.6 Å². The Bertz CT molecular complexity index is 708. The van der Waals surface area contributed by atoms with E-state index in [1.807, 2.05) is 18.0 Å². The molecular weight excluding hydrogens is 316 g/mol. The highest BCUT2D eigenvalue weighted by molar-refractivity contribution is 5.95. The summed E-state index contributed by atoms with van der Waals surface area (Å²) in [4.78, 5) is 24.5. The molecule has 2 aromatic rings. The molecule has 0 unspecified atom stereocenters. The smallest absolute Gasteiger partial charge is 0.257 e. The molecule has 4 rings (SSSR count). The third-order valence-electron chi connectivity index (χ3n) is 5.55. The molecule has 1 aliphatic heterocycles. The third-order valence-corrected chi connectivity index (χ3v) is 5.55. The average molecular weight is 342 g/mol. The van der Waals surface area contributed by atoms with E-state index in [9.17, 15) is 4.79 Å². The summed E-state index contributed by atoms with van der Waals surface area (Å²) in [6.07, 6.45) is 11.6. The molecule has 1 saturated carbocycles. The van der Waals surface area contributed by atoms with Crippen LogP contribution in [0.3, 0.4) is 0 Å². The van der Waals surface area contributed by atoms with Gasteiger partial charge in [0.1, 0.15) is 0 Å². The summed E-state index contributed by atoms with van der Waals surface area (Å²) < 4.78 is 2.09. The van der Waals surface area contributed by atoms with Crippen LogP contribution in [-0.2, 0) is 0 Å². The van der Waals surface area contributed by atoms with E-state index in [4.69, 9.17) is 0 Å². The van der Waals surface area contributed by atoms with E-state index in [0.717, 1.165) is 30.3 Å². The van der Waals surface area contributed by atoms with Crippen LogP contribution < -0.4 is 4.90 Å². The van der Waals surface area contributed by atoms with Gasteiger partial charge in [0.25, 0.3) is 5.91 Å². The molecule has 7 heteroatoms. The van der Waals surface area contributed by atoms with Crippen LogP contribution in [0, 0.1) is 6.92 Å². The van der Waals surface area contributed by atoms with Crippen molar-refractivity contribution in [2.75, 3.05) is 31.1 Å². The maximum atomic E-state index is 12.9. The lowest BCUT2D eigenvalue weighted by molar-refractivity contribution is 0.0745. The highest BCUT2D eigenvalue weighted by Gasteiger charge is 2.27. The molecule has 0 atom stereocenters. The van der Waals surface area contributed by atoms with Gasteiger partial charge in [0.05, 0.1) is 17.8 Å². The molecule has 0 aromatic carbocycles. The lowest BCUT2D eigenvalue weighted by Gasteiger charge is -2.34. The first-order valence-electron chi connectivity index (χ1n) is 9.32. The lowest BCUT2D eigenvalue weighted by Crippen LogP contribution is -2.49. The summed E-state index contributed by atoms with van der Waals surface area (Å²) in [6, 6.07) is 0.464. The van der Waals surface area contributed by atoms with Crippen LogP contribution in [-0.4, -0.2) is 56.7 Å². The van der Waals surface area contributed by atoms with Crippen LogP contribution in [0.25, 0.3) is 0 Å². The maximum absolute atomic E-state index is 12.9. The Balaban J connectivity index is 1.42. The minimum Gasteiger partial charge on any atom is -0.339 e. The largest absolute Gasteiger partial charge is 0.339 e. The first kappa shape index (κ1) is 16.2. The Morgan fingerprint density at radius 1 is 1.16 bits per heavy atom.